The number of anilines is 1. The first-order valence-electron chi connectivity index (χ1n) is 13.0. The van der Waals surface area contributed by atoms with Gasteiger partial charge in [0.15, 0.2) is 0 Å². The monoisotopic (exact) mass is 489 g/mol. The third kappa shape index (κ3) is 8.55. The van der Waals surface area contributed by atoms with Crippen molar-refractivity contribution in [3.05, 3.63) is 90.5 Å². The summed E-state index contributed by atoms with van der Waals surface area (Å²) in [5.74, 6) is 1.69. The molecule has 0 amide bonds. The van der Waals surface area contributed by atoms with Gasteiger partial charge in [-0.05, 0) is 55.3 Å². The smallest absolute Gasteiger partial charge is 0.119 e. The van der Waals surface area contributed by atoms with Crippen molar-refractivity contribution in [2.75, 3.05) is 57.4 Å². The lowest BCUT2D eigenvalue weighted by atomic mass is 10.1. The standard InChI is InChI=1S/C30H39N3O3/c1-25(31-23-28(34)24-36-29-10-6-3-7-11-29)22-26-12-14-30(15-13-26)35-21-20-32-16-18-33(19-17-32)27-8-4-2-5-9-27/h2-15,25,28,31,34H,16-24H2,1H3/t25-,28+/m1/s1. The van der Waals surface area contributed by atoms with Crippen molar-refractivity contribution in [2.24, 2.45) is 0 Å². The lowest BCUT2D eigenvalue weighted by Gasteiger charge is -2.36. The molecule has 1 aliphatic heterocycles. The van der Waals surface area contributed by atoms with Crippen LogP contribution in [0.15, 0.2) is 84.9 Å². The lowest BCUT2D eigenvalue weighted by Crippen LogP contribution is -2.47. The van der Waals surface area contributed by atoms with E-state index in [1.165, 1.54) is 11.3 Å². The van der Waals surface area contributed by atoms with Gasteiger partial charge in [0.25, 0.3) is 0 Å². The molecule has 2 atom stereocenters. The molecule has 1 fully saturated rings. The quantitative estimate of drug-likeness (QED) is 0.380. The number of nitrogens with zero attached hydrogens (tertiary/aromatic N) is 2. The Hall–Kier alpha value is -3.06. The third-order valence-electron chi connectivity index (χ3n) is 6.52. The number of piperazine rings is 1. The minimum absolute atomic E-state index is 0.248. The maximum absolute atomic E-state index is 10.2. The summed E-state index contributed by atoms with van der Waals surface area (Å²) in [5, 5.41) is 13.6. The number of benzene rings is 3. The van der Waals surface area contributed by atoms with Gasteiger partial charge in [-0.15, -0.1) is 0 Å². The molecule has 0 radical (unpaired) electrons. The molecule has 6 nitrogen and oxygen atoms in total. The molecular weight excluding hydrogens is 450 g/mol. The minimum atomic E-state index is -0.551. The Labute approximate surface area is 215 Å². The highest BCUT2D eigenvalue weighted by Crippen LogP contribution is 2.16. The van der Waals surface area contributed by atoms with Crippen LogP contribution in [0.5, 0.6) is 11.5 Å². The average molecular weight is 490 g/mol. The van der Waals surface area contributed by atoms with E-state index in [4.69, 9.17) is 9.47 Å². The van der Waals surface area contributed by atoms with Crippen molar-refractivity contribution in [1.82, 2.24) is 10.2 Å². The fourth-order valence-corrected chi connectivity index (χ4v) is 4.41. The topological polar surface area (TPSA) is 57.2 Å². The van der Waals surface area contributed by atoms with Crippen LogP contribution in [0.3, 0.4) is 0 Å². The third-order valence-corrected chi connectivity index (χ3v) is 6.52. The van der Waals surface area contributed by atoms with Crippen molar-refractivity contribution in [2.45, 2.75) is 25.5 Å². The highest BCUT2D eigenvalue weighted by Gasteiger charge is 2.16. The summed E-state index contributed by atoms with van der Waals surface area (Å²) in [6.07, 6.45) is 0.336. The summed E-state index contributed by atoms with van der Waals surface area (Å²) in [6, 6.07) is 28.8. The van der Waals surface area contributed by atoms with Crippen LogP contribution in [-0.4, -0.2) is 74.6 Å². The second-order valence-corrected chi connectivity index (χ2v) is 9.45. The molecule has 0 unspecified atom stereocenters. The minimum Gasteiger partial charge on any atom is -0.492 e. The summed E-state index contributed by atoms with van der Waals surface area (Å²) in [6.45, 7) is 8.79. The predicted molar refractivity (Wildman–Crippen MR) is 146 cm³/mol. The molecule has 1 aliphatic rings. The fraction of sp³-hybridized carbons (Fsp3) is 0.400. The van der Waals surface area contributed by atoms with Gasteiger partial charge < -0.3 is 24.8 Å². The van der Waals surface area contributed by atoms with Gasteiger partial charge in [-0.25, -0.2) is 0 Å². The normalized spacial score (nSPS) is 15.9. The molecule has 0 saturated carbocycles. The molecule has 192 valence electrons. The maximum atomic E-state index is 10.2. The van der Waals surface area contributed by atoms with Gasteiger partial charge in [0.05, 0.1) is 0 Å². The molecule has 0 bridgehead atoms. The van der Waals surface area contributed by atoms with Gasteiger partial charge in [-0.1, -0.05) is 48.5 Å². The van der Waals surface area contributed by atoms with Crippen molar-refractivity contribution in [3.8, 4) is 11.5 Å². The van der Waals surface area contributed by atoms with Crippen LogP contribution < -0.4 is 19.7 Å². The first kappa shape index (κ1) is 26.0. The number of hydrogen-bond acceptors (Lipinski definition) is 6. The fourth-order valence-electron chi connectivity index (χ4n) is 4.41. The van der Waals surface area contributed by atoms with Crippen molar-refractivity contribution in [3.63, 3.8) is 0 Å². The zero-order chi connectivity index (χ0) is 25.0. The summed E-state index contributed by atoms with van der Waals surface area (Å²) in [7, 11) is 0. The summed E-state index contributed by atoms with van der Waals surface area (Å²) < 4.78 is 11.6. The molecule has 6 heteroatoms. The number of hydrogen-bond donors (Lipinski definition) is 2. The second kappa shape index (κ2) is 13.9. The van der Waals surface area contributed by atoms with Gasteiger partial charge in [0.2, 0.25) is 0 Å². The maximum Gasteiger partial charge on any atom is 0.119 e. The first-order valence-corrected chi connectivity index (χ1v) is 13.0. The molecule has 2 N–H and O–H groups in total. The number of nitrogens with one attached hydrogen (secondary N) is 1. The Morgan fingerprint density at radius 1 is 0.806 bits per heavy atom. The van der Waals surface area contributed by atoms with Gasteiger partial charge in [-0.2, -0.15) is 0 Å². The van der Waals surface area contributed by atoms with Gasteiger partial charge in [0.1, 0.15) is 30.8 Å². The zero-order valence-electron chi connectivity index (χ0n) is 21.3. The Morgan fingerprint density at radius 2 is 1.44 bits per heavy atom. The average Bonchev–Trinajstić information content (AvgIpc) is 2.93. The number of aliphatic hydroxyl groups is 1. The van der Waals surface area contributed by atoms with Crippen LogP contribution in [0.4, 0.5) is 5.69 Å². The van der Waals surface area contributed by atoms with E-state index in [0.29, 0.717) is 13.2 Å². The van der Waals surface area contributed by atoms with Crippen molar-refractivity contribution in [1.29, 1.82) is 0 Å². The van der Waals surface area contributed by atoms with E-state index in [0.717, 1.165) is 50.6 Å². The Balaban J connectivity index is 1.09. The van der Waals surface area contributed by atoms with Crippen molar-refractivity contribution >= 4 is 5.69 Å². The SMILES string of the molecule is C[C@H](Cc1ccc(OCCN2CCN(c3ccccc3)CC2)cc1)NC[C@H](O)COc1ccccc1. The van der Waals surface area contributed by atoms with E-state index in [2.05, 4.69) is 76.6 Å². The molecule has 0 aromatic heterocycles. The summed E-state index contributed by atoms with van der Waals surface area (Å²) in [4.78, 5) is 4.92. The molecule has 3 aromatic carbocycles. The number of aliphatic hydroxyl groups excluding tert-OH is 1. The molecular formula is C30H39N3O3. The van der Waals surface area contributed by atoms with Gasteiger partial charge in [0, 0.05) is 51.0 Å². The Bertz CT molecular complexity index is 993. The molecule has 36 heavy (non-hydrogen) atoms. The highest BCUT2D eigenvalue weighted by molar-refractivity contribution is 5.46. The van der Waals surface area contributed by atoms with E-state index in [1.54, 1.807) is 0 Å². The van der Waals surface area contributed by atoms with Crippen LogP contribution in [0.25, 0.3) is 0 Å². The van der Waals surface area contributed by atoms with E-state index in [-0.39, 0.29) is 12.6 Å². The molecule has 3 aromatic rings. The van der Waals surface area contributed by atoms with E-state index >= 15 is 0 Å². The Morgan fingerprint density at radius 3 is 2.14 bits per heavy atom. The van der Waals surface area contributed by atoms with Crippen LogP contribution in [0.1, 0.15) is 12.5 Å². The summed E-state index contributed by atoms with van der Waals surface area (Å²) in [5.41, 5.74) is 2.56. The largest absolute Gasteiger partial charge is 0.492 e. The van der Waals surface area contributed by atoms with Crippen LogP contribution in [0.2, 0.25) is 0 Å². The van der Waals surface area contributed by atoms with Crippen LogP contribution in [0, 0.1) is 0 Å². The number of rotatable bonds is 13. The molecule has 1 saturated heterocycles. The van der Waals surface area contributed by atoms with Crippen molar-refractivity contribution < 1.29 is 14.6 Å². The van der Waals surface area contributed by atoms with Crippen LogP contribution >= 0.6 is 0 Å². The summed E-state index contributed by atoms with van der Waals surface area (Å²) >= 11 is 0. The molecule has 4 rings (SSSR count). The first-order chi connectivity index (χ1) is 17.7. The van der Waals surface area contributed by atoms with Crippen LogP contribution in [-0.2, 0) is 6.42 Å². The second-order valence-electron chi connectivity index (χ2n) is 9.45. The number of ether oxygens (including phenoxy) is 2. The molecule has 1 heterocycles. The van der Waals surface area contributed by atoms with Gasteiger partial charge in [-0.3, -0.25) is 4.90 Å². The van der Waals surface area contributed by atoms with E-state index < -0.39 is 6.10 Å². The number of para-hydroxylation sites is 2. The molecule has 0 aliphatic carbocycles. The van der Waals surface area contributed by atoms with E-state index in [9.17, 15) is 5.11 Å². The Kier molecular flexibility index (Phi) is 10.0. The van der Waals surface area contributed by atoms with Gasteiger partial charge >= 0.3 is 0 Å². The zero-order valence-corrected chi connectivity index (χ0v) is 21.3. The predicted octanol–water partition coefficient (Wildman–Crippen LogP) is 3.85. The lowest BCUT2D eigenvalue weighted by molar-refractivity contribution is 0.104. The van der Waals surface area contributed by atoms with E-state index in [1.807, 2.05) is 30.3 Å². The molecule has 0 spiro atoms. The highest BCUT2D eigenvalue weighted by atomic mass is 16.5.